The highest BCUT2D eigenvalue weighted by Gasteiger charge is 2.45. The summed E-state index contributed by atoms with van der Waals surface area (Å²) in [6.07, 6.45) is 9.23. The van der Waals surface area contributed by atoms with Crippen molar-refractivity contribution in [2.75, 3.05) is 48.3 Å². The van der Waals surface area contributed by atoms with E-state index in [0.717, 1.165) is 111 Å². The summed E-state index contributed by atoms with van der Waals surface area (Å²) in [4.78, 5) is 47.1. The lowest BCUT2D eigenvalue weighted by atomic mass is 9.86. The molecule has 12 rings (SSSR count). The molecular formula is C59H71N11O8S. The van der Waals surface area contributed by atoms with E-state index in [0.29, 0.717) is 52.7 Å². The number of β-amino-alcohol motifs (C(OH)–C–C–N with tert-alkyl or cyclic N) is 1. The van der Waals surface area contributed by atoms with Crippen molar-refractivity contribution >= 4 is 40.3 Å². The number of carbonyl (C=O) groups excluding carboxylic acids is 2. The first-order valence-corrected chi connectivity index (χ1v) is 29.1. The predicted molar refractivity (Wildman–Crippen MR) is 299 cm³/mol. The average molecular weight is 1090 g/mol. The van der Waals surface area contributed by atoms with Crippen LogP contribution in [0.2, 0.25) is 0 Å². The number of pyridine rings is 1. The highest BCUT2D eigenvalue weighted by atomic mass is 32.1. The largest absolute Gasteiger partial charge is 0.507 e. The predicted octanol–water partition coefficient (Wildman–Crippen LogP) is 7.68. The molecule has 6 atom stereocenters. The van der Waals surface area contributed by atoms with Gasteiger partial charge in [0, 0.05) is 113 Å². The zero-order valence-electron chi connectivity index (χ0n) is 45.3. The van der Waals surface area contributed by atoms with Crippen molar-refractivity contribution in [2.24, 2.45) is 5.92 Å². The molecule has 20 heteroatoms. The molecule has 0 spiro atoms. The maximum Gasteiger partial charge on any atom is 0.254 e. The van der Waals surface area contributed by atoms with Crippen LogP contribution in [0.25, 0.3) is 21.7 Å². The third kappa shape index (κ3) is 11.1. The Morgan fingerprint density at radius 3 is 2.27 bits per heavy atom. The molecule has 4 saturated heterocycles. The molecule has 19 nitrogen and oxygen atoms in total. The van der Waals surface area contributed by atoms with E-state index in [1.165, 1.54) is 4.90 Å². The molecule has 6 aromatic rings. The third-order valence-corrected chi connectivity index (χ3v) is 18.3. The number of amides is 2. The van der Waals surface area contributed by atoms with Gasteiger partial charge in [-0.15, -0.1) is 21.5 Å². The maximum atomic E-state index is 14.3. The SMILES string of the molecule is Cc1ncsc1-c1ccc([C@H](C)NC(=O)[C@@H]2C[C@@H](O)CN2C(=O)[C@@H](c2cc(OC3CC(N4CCC(OC5CC(Oc6cc(N7C8CC[C@@H]7CN(c7cc(-c9ccccc9O)nnc7N)C8)ccn6)C5)CC4)C3)no2)C(C)C)cc1. The number of para-hydroxylation sites is 1. The van der Waals surface area contributed by atoms with Crippen LogP contribution in [0.1, 0.15) is 108 Å². The number of aliphatic hydroxyl groups is 1. The number of rotatable bonds is 17. The van der Waals surface area contributed by atoms with Crippen molar-refractivity contribution in [3.8, 4) is 39.2 Å². The molecule has 416 valence electrons. The van der Waals surface area contributed by atoms with Crippen LogP contribution in [0, 0.1) is 12.8 Å². The van der Waals surface area contributed by atoms with E-state index in [4.69, 9.17) is 24.5 Å². The number of fused-ring (bicyclic) bond motifs is 2. The minimum atomic E-state index is -0.824. The van der Waals surface area contributed by atoms with Crippen LogP contribution in [0.5, 0.6) is 17.5 Å². The van der Waals surface area contributed by atoms with Crippen molar-refractivity contribution in [2.45, 2.75) is 152 Å². The number of anilines is 3. The molecule has 2 bridgehead atoms. The Balaban J connectivity index is 0.567. The second-order valence-corrected chi connectivity index (χ2v) is 23.8. The number of nitrogens with zero attached hydrogens (tertiary/aromatic N) is 9. The van der Waals surface area contributed by atoms with Crippen LogP contribution in [0.4, 0.5) is 17.2 Å². The number of ether oxygens (including phenoxy) is 3. The van der Waals surface area contributed by atoms with Gasteiger partial charge in [-0.2, -0.15) is 0 Å². The Bertz CT molecular complexity index is 3100. The van der Waals surface area contributed by atoms with Crippen molar-refractivity contribution in [3.05, 3.63) is 102 Å². The summed E-state index contributed by atoms with van der Waals surface area (Å²) in [6.45, 7) is 11.4. The number of benzene rings is 2. The van der Waals surface area contributed by atoms with Gasteiger partial charge in [-0.05, 0) is 86.0 Å². The van der Waals surface area contributed by atoms with Crippen molar-refractivity contribution < 1.29 is 38.5 Å². The van der Waals surface area contributed by atoms with Gasteiger partial charge >= 0.3 is 0 Å². The lowest BCUT2D eigenvalue weighted by Crippen LogP contribution is -2.54. The van der Waals surface area contributed by atoms with Gasteiger partial charge in [0.25, 0.3) is 5.88 Å². The highest BCUT2D eigenvalue weighted by Crippen LogP contribution is 2.42. The molecule has 6 aliphatic rings. The average Bonchev–Trinajstić information content (AvgIpc) is 4.41. The molecule has 2 aliphatic carbocycles. The van der Waals surface area contributed by atoms with E-state index in [9.17, 15) is 19.8 Å². The monoisotopic (exact) mass is 1090 g/mol. The van der Waals surface area contributed by atoms with Gasteiger partial charge in [0.2, 0.25) is 17.7 Å². The number of aromatic nitrogens is 5. The summed E-state index contributed by atoms with van der Waals surface area (Å²) in [5.41, 5.74) is 14.4. The van der Waals surface area contributed by atoms with Crippen molar-refractivity contribution in [1.29, 1.82) is 0 Å². The molecule has 6 fully saturated rings. The Morgan fingerprint density at radius 1 is 0.810 bits per heavy atom. The standard InChI is InChI=1S/C59H71N11O8S/c1-33(2)55(59(74)69-31-42(71)24-50(69)58(73)63-34(3)36-9-11-37(12-10-36)56-35(4)62-32-79-56)52-28-54(66-78-52)77-44-21-41(22-44)67-19-16-43(17-20-67)75-45-25-46(26-45)76-53-23-38(15-18-61-53)70-39-13-14-40(70)30-68(29-39)49-27-48(64-65-57(49)60)47-7-5-6-8-51(47)72/h5-12,15,18,23,27-28,32-34,39-46,50,55,71-72H,13-14,16-17,19-22,24-26,29-31H2,1-4H3,(H2,60,65)(H,63,73)/t34-,39+,40?,41?,42+,44?,45?,46?,50-,55+/m0/s1. The van der Waals surface area contributed by atoms with Crippen molar-refractivity contribution in [3.63, 3.8) is 0 Å². The second-order valence-electron chi connectivity index (χ2n) is 22.9. The normalized spacial score (nSPS) is 25.9. The minimum Gasteiger partial charge on any atom is -0.507 e. The minimum absolute atomic E-state index is 0.00799. The lowest BCUT2D eigenvalue weighted by Gasteiger charge is -2.46. The van der Waals surface area contributed by atoms with Crippen LogP contribution in [0.3, 0.4) is 0 Å². The van der Waals surface area contributed by atoms with Gasteiger partial charge < -0.3 is 54.7 Å². The number of nitrogen functional groups attached to an aromatic ring is 1. The van der Waals surface area contributed by atoms with Crippen LogP contribution >= 0.6 is 11.3 Å². The Morgan fingerprint density at radius 2 is 1.54 bits per heavy atom. The molecule has 4 aromatic heterocycles. The molecule has 8 heterocycles. The number of carbonyl (C=O) groups is 2. The fourth-order valence-corrected chi connectivity index (χ4v) is 13.7. The molecule has 79 heavy (non-hydrogen) atoms. The number of piperidine rings is 1. The Labute approximate surface area is 464 Å². The van der Waals surface area contributed by atoms with Crippen LogP contribution in [0.15, 0.2) is 89.0 Å². The number of hydrogen-bond donors (Lipinski definition) is 4. The van der Waals surface area contributed by atoms with E-state index in [1.54, 1.807) is 29.5 Å². The molecule has 1 unspecified atom stereocenters. The number of likely N-dealkylation sites (tertiary alicyclic amines) is 2. The summed E-state index contributed by atoms with van der Waals surface area (Å²) in [5, 5.41) is 37.1. The summed E-state index contributed by atoms with van der Waals surface area (Å²) < 4.78 is 25.1. The molecule has 0 radical (unpaired) electrons. The smallest absolute Gasteiger partial charge is 0.254 e. The lowest BCUT2D eigenvalue weighted by molar-refractivity contribution is -0.141. The topological polar surface area (TPSA) is 231 Å². The van der Waals surface area contributed by atoms with E-state index in [2.05, 4.69) is 57.5 Å². The van der Waals surface area contributed by atoms with Gasteiger partial charge in [-0.1, -0.05) is 50.2 Å². The zero-order chi connectivity index (χ0) is 54.5. The highest BCUT2D eigenvalue weighted by molar-refractivity contribution is 7.13. The van der Waals surface area contributed by atoms with Gasteiger partial charge in [0.05, 0.1) is 51.8 Å². The molecule has 5 N–H and O–H groups in total. The zero-order valence-corrected chi connectivity index (χ0v) is 46.1. The number of hydrogen-bond acceptors (Lipinski definition) is 18. The first-order valence-electron chi connectivity index (χ1n) is 28.2. The van der Waals surface area contributed by atoms with Crippen LogP contribution in [-0.4, -0.2) is 145 Å². The summed E-state index contributed by atoms with van der Waals surface area (Å²) in [6, 6.07) is 22.9. The molecule has 4 aliphatic heterocycles. The van der Waals surface area contributed by atoms with Crippen LogP contribution in [-0.2, 0) is 14.3 Å². The van der Waals surface area contributed by atoms with E-state index in [-0.39, 0.29) is 66.9 Å². The number of phenols is 1. The number of thiazole rings is 1. The van der Waals surface area contributed by atoms with Gasteiger partial charge in [0.15, 0.2) is 11.6 Å². The molecule has 2 saturated carbocycles. The van der Waals surface area contributed by atoms with Gasteiger partial charge in [-0.3, -0.25) is 14.5 Å². The summed E-state index contributed by atoms with van der Waals surface area (Å²) >= 11 is 1.59. The van der Waals surface area contributed by atoms with Crippen molar-refractivity contribution in [1.82, 2.24) is 40.4 Å². The number of aromatic hydroxyl groups is 1. The van der Waals surface area contributed by atoms with E-state index in [1.807, 2.05) is 81.9 Å². The quantitative estimate of drug-likeness (QED) is 0.0686. The summed E-state index contributed by atoms with van der Waals surface area (Å²) in [5.74, 6) is 0.466. The number of aryl methyl sites for hydroxylation is 1. The number of nitrogens with two attached hydrogens (primary N) is 1. The molecule has 2 aromatic carbocycles. The maximum absolute atomic E-state index is 14.3. The Hall–Kier alpha value is -6.87. The number of nitrogens with one attached hydrogen (secondary N) is 1. The van der Waals surface area contributed by atoms with Gasteiger partial charge in [-0.25, -0.2) is 9.97 Å². The fraction of sp³-hybridized carbons (Fsp3) is 0.508. The fourth-order valence-electron chi connectivity index (χ4n) is 12.8. The number of piperazine rings is 1. The Kier molecular flexibility index (Phi) is 14.9. The molecule has 2 amide bonds. The summed E-state index contributed by atoms with van der Waals surface area (Å²) in [7, 11) is 0. The first kappa shape index (κ1) is 52.8. The van der Waals surface area contributed by atoms with Gasteiger partial charge in [0.1, 0.15) is 29.9 Å². The number of aliphatic hydroxyl groups excluding tert-OH is 1. The number of phenolic OH excluding ortho intramolecular Hbond substituents is 1. The van der Waals surface area contributed by atoms with Crippen LogP contribution < -0.4 is 30.3 Å². The third-order valence-electron chi connectivity index (χ3n) is 17.3. The van der Waals surface area contributed by atoms with E-state index < -0.39 is 18.1 Å². The molecular weight excluding hydrogens is 1020 g/mol. The van der Waals surface area contributed by atoms with E-state index >= 15 is 0 Å². The second kappa shape index (κ2) is 22.3. The first-order chi connectivity index (χ1) is 38.3.